The Morgan fingerprint density at radius 3 is 2.41 bits per heavy atom. The fourth-order valence-electron chi connectivity index (χ4n) is 2.77. The van der Waals surface area contributed by atoms with Crippen LogP contribution in [0, 0.1) is 26.6 Å². The van der Waals surface area contributed by atoms with Gasteiger partial charge in [-0.3, -0.25) is 4.79 Å². The molecule has 0 fully saturated rings. The molecule has 2 N–H and O–H groups in total. The van der Waals surface area contributed by atoms with Crippen molar-refractivity contribution < 1.29 is 9.18 Å². The number of rotatable bonds is 2. The molecule has 1 heterocycles. The van der Waals surface area contributed by atoms with Crippen molar-refractivity contribution in [3.8, 4) is 0 Å². The molecule has 0 radical (unpaired) electrons. The summed E-state index contributed by atoms with van der Waals surface area (Å²) in [6, 6.07) is 10.3. The second-order valence-corrected chi connectivity index (χ2v) is 5.65. The fourth-order valence-corrected chi connectivity index (χ4v) is 2.77. The number of H-pyrrole nitrogens is 1. The lowest BCUT2D eigenvalue weighted by atomic mass is 10.1. The smallest absolute Gasteiger partial charge is 0.272 e. The lowest BCUT2D eigenvalue weighted by Gasteiger charge is -2.07. The summed E-state index contributed by atoms with van der Waals surface area (Å²) >= 11 is 0. The lowest BCUT2D eigenvalue weighted by molar-refractivity contribution is 0.102. The topological polar surface area (TPSA) is 44.9 Å². The molecule has 0 aliphatic heterocycles. The predicted molar refractivity (Wildman–Crippen MR) is 86.9 cm³/mol. The van der Waals surface area contributed by atoms with Gasteiger partial charge in [0.05, 0.1) is 0 Å². The van der Waals surface area contributed by atoms with Gasteiger partial charge < -0.3 is 10.3 Å². The van der Waals surface area contributed by atoms with Gasteiger partial charge in [0.1, 0.15) is 11.5 Å². The Hall–Kier alpha value is -2.62. The number of halogens is 1. The zero-order chi connectivity index (χ0) is 15.9. The Kier molecular flexibility index (Phi) is 3.45. The lowest BCUT2D eigenvalue weighted by Crippen LogP contribution is -2.13. The van der Waals surface area contributed by atoms with E-state index in [1.165, 1.54) is 12.1 Å². The molecule has 0 atom stereocenters. The fraction of sp³-hybridized carbons (Fsp3) is 0.167. The van der Waals surface area contributed by atoms with E-state index in [1.807, 2.05) is 39.0 Å². The summed E-state index contributed by atoms with van der Waals surface area (Å²) in [5.41, 5.74) is 4.89. The highest BCUT2D eigenvalue weighted by molar-refractivity contribution is 6.07. The molecule has 4 heteroatoms. The van der Waals surface area contributed by atoms with Gasteiger partial charge in [0, 0.05) is 16.6 Å². The van der Waals surface area contributed by atoms with Crippen LogP contribution in [-0.2, 0) is 0 Å². The molecule has 0 saturated heterocycles. The van der Waals surface area contributed by atoms with Gasteiger partial charge in [0.25, 0.3) is 5.91 Å². The van der Waals surface area contributed by atoms with Gasteiger partial charge in [-0.2, -0.15) is 0 Å². The Balaban J connectivity index is 1.96. The van der Waals surface area contributed by atoms with Crippen LogP contribution in [0.4, 0.5) is 10.1 Å². The number of hydrogen-bond donors (Lipinski definition) is 2. The number of fused-ring (bicyclic) bond motifs is 1. The van der Waals surface area contributed by atoms with Crippen molar-refractivity contribution in [1.82, 2.24) is 4.98 Å². The van der Waals surface area contributed by atoms with Crippen LogP contribution in [0.25, 0.3) is 10.9 Å². The van der Waals surface area contributed by atoms with Crippen LogP contribution in [0.2, 0.25) is 0 Å². The quantitative estimate of drug-likeness (QED) is 0.719. The molecule has 0 spiro atoms. The molecule has 3 nitrogen and oxygen atoms in total. The van der Waals surface area contributed by atoms with Crippen LogP contribution in [0.15, 0.2) is 36.4 Å². The summed E-state index contributed by atoms with van der Waals surface area (Å²) in [6.07, 6.45) is 0. The van der Waals surface area contributed by atoms with E-state index in [0.29, 0.717) is 5.69 Å². The molecule has 3 aromatic rings. The van der Waals surface area contributed by atoms with Crippen molar-refractivity contribution in [1.29, 1.82) is 0 Å². The maximum absolute atomic E-state index is 13.3. The number of aromatic nitrogens is 1. The second kappa shape index (κ2) is 5.30. The minimum absolute atomic E-state index is 0.223. The van der Waals surface area contributed by atoms with Crippen molar-refractivity contribution in [2.75, 3.05) is 5.32 Å². The first-order valence-electron chi connectivity index (χ1n) is 7.11. The summed E-state index contributed by atoms with van der Waals surface area (Å²) < 4.78 is 13.3. The number of anilines is 1. The zero-order valence-electron chi connectivity index (χ0n) is 12.8. The van der Waals surface area contributed by atoms with E-state index in [1.54, 1.807) is 6.07 Å². The van der Waals surface area contributed by atoms with E-state index < -0.39 is 0 Å². The molecule has 0 saturated carbocycles. The first-order chi connectivity index (χ1) is 10.4. The highest BCUT2D eigenvalue weighted by Crippen LogP contribution is 2.23. The van der Waals surface area contributed by atoms with Crippen molar-refractivity contribution in [3.05, 3.63) is 64.6 Å². The molecule has 0 bridgehead atoms. The molecule has 2 aromatic carbocycles. The maximum Gasteiger partial charge on any atom is 0.272 e. The summed E-state index contributed by atoms with van der Waals surface area (Å²) in [5.74, 6) is -0.532. The number of carbonyl (C=O) groups excluding carboxylic acids is 1. The van der Waals surface area contributed by atoms with Crippen LogP contribution < -0.4 is 5.32 Å². The van der Waals surface area contributed by atoms with Gasteiger partial charge in [-0.1, -0.05) is 6.07 Å². The molecular weight excluding hydrogens is 279 g/mol. The van der Waals surface area contributed by atoms with E-state index in [2.05, 4.69) is 10.3 Å². The monoisotopic (exact) mass is 296 g/mol. The third kappa shape index (κ3) is 2.60. The van der Waals surface area contributed by atoms with Gasteiger partial charge >= 0.3 is 0 Å². The van der Waals surface area contributed by atoms with Crippen LogP contribution >= 0.6 is 0 Å². The number of aryl methyl sites for hydroxylation is 3. The standard InChI is InChI=1S/C18H17FN2O/c1-10-6-11(2)8-14(7-10)20-18(22)17-12(3)15-9-13(19)4-5-16(15)21-17/h4-9,21H,1-3H3,(H,20,22). The molecule has 0 aliphatic carbocycles. The van der Waals surface area contributed by atoms with Gasteiger partial charge in [-0.15, -0.1) is 0 Å². The Morgan fingerprint density at radius 1 is 1.05 bits per heavy atom. The third-order valence-corrected chi connectivity index (χ3v) is 3.73. The Morgan fingerprint density at radius 2 is 1.73 bits per heavy atom. The predicted octanol–water partition coefficient (Wildman–Crippen LogP) is 4.48. The summed E-state index contributed by atoms with van der Waals surface area (Å²) in [7, 11) is 0. The van der Waals surface area contributed by atoms with E-state index in [9.17, 15) is 9.18 Å². The summed E-state index contributed by atoms with van der Waals surface area (Å²) in [5, 5.41) is 3.62. The van der Waals surface area contributed by atoms with Gasteiger partial charge in [-0.05, 0) is 67.8 Å². The third-order valence-electron chi connectivity index (χ3n) is 3.73. The number of amides is 1. The highest BCUT2D eigenvalue weighted by atomic mass is 19.1. The van der Waals surface area contributed by atoms with Gasteiger partial charge in [-0.25, -0.2) is 4.39 Å². The largest absolute Gasteiger partial charge is 0.350 e. The van der Waals surface area contributed by atoms with E-state index in [-0.39, 0.29) is 11.7 Å². The molecule has 0 aliphatic rings. The molecule has 1 aromatic heterocycles. The van der Waals surface area contributed by atoms with E-state index in [0.717, 1.165) is 33.3 Å². The Labute approximate surface area is 128 Å². The van der Waals surface area contributed by atoms with Gasteiger partial charge in [0.15, 0.2) is 0 Å². The molecular formula is C18H17FN2O. The summed E-state index contributed by atoms with van der Waals surface area (Å²) in [6.45, 7) is 5.79. The zero-order valence-corrected chi connectivity index (χ0v) is 12.8. The molecule has 0 unspecified atom stereocenters. The van der Waals surface area contributed by atoms with Crippen LogP contribution in [0.3, 0.4) is 0 Å². The summed E-state index contributed by atoms with van der Waals surface area (Å²) in [4.78, 5) is 15.5. The minimum atomic E-state index is -0.309. The molecule has 3 rings (SSSR count). The second-order valence-electron chi connectivity index (χ2n) is 5.65. The molecule has 1 amide bonds. The molecule has 112 valence electrons. The van der Waals surface area contributed by atoms with Crippen molar-refractivity contribution in [2.45, 2.75) is 20.8 Å². The van der Waals surface area contributed by atoms with Crippen LogP contribution in [0.5, 0.6) is 0 Å². The number of aromatic amines is 1. The van der Waals surface area contributed by atoms with E-state index in [4.69, 9.17) is 0 Å². The first kappa shape index (κ1) is 14.3. The minimum Gasteiger partial charge on any atom is -0.350 e. The van der Waals surface area contributed by atoms with Crippen LogP contribution in [-0.4, -0.2) is 10.9 Å². The average Bonchev–Trinajstić information content (AvgIpc) is 2.75. The number of nitrogens with one attached hydrogen (secondary N) is 2. The highest BCUT2D eigenvalue weighted by Gasteiger charge is 2.15. The van der Waals surface area contributed by atoms with Crippen LogP contribution in [0.1, 0.15) is 27.2 Å². The Bertz CT molecular complexity index is 860. The van der Waals surface area contributed by atoms with Crippen molar-refractivity contribution in [2.24, 2.45) is 0 Å². The first-order valence-corrected chi connectivity index (χ1v) is 7.11. The van der Waals surface area contributed by atoms with Gasteiger partial charge in [0.2, 0.25) is 0 Å². The number of hydrogen-bond acceptors (Lipinski definition) is 1. The van der Waals surface area contributed by atoms with Crippen molar-refractivity contribution >= 4 is 22.5 Å². The number of benzene rings is 2. The SMILES string of the molecule is Cc1cc(C)cc(NC(=O)c2[nH]c3ccc(F)cc3c2C)c1. The maximum atomic E-state index is 13.3. The molecule has 22 heavy (non-hydrogen) atoms. The van der Waals surface area contributed by atoms with Crippen molar-refractivity contribution in [3.63, 3.8) is 0 Å². The average molecular weight is 296 g/mol. The number of carbonyl (C=O) groups is 1. The normalized spacial score (nSPS) is 10.9. The van der Waals surface area contributed by atoms with E-state index >= 15 is 0 Å².